The molecule has 0 heterocycles. The van der Waals surface area contributed by atoms with Gasteiger partial charge in [-0.15, -0.1) is 0 Å². The number of nitrogens with zero attached hydrogens (tertiary/aromatic N) is 1. The van der Waals surface area contributed by atoms with Crippen LogP contribution in [0.25, 0.3) is 0 Å². The van der Waals surface area contributed by atoms with Crippen molar-refractivity contribution in [2.24, 2.45) is 22.4 Å². The molecule has 3 rings (SSSR count). The van der Waals surface area contributed by atoms with E-state index in [9.17, 15) is 14.0 Å². The van der Waals surface area contributed by atoms with Crippen molar-refractivity contribution in [2.45, 2.75) is 57.9 Å². The highest BCUT2D eigenvalue weighted by Crippen LogP contribution is 2.28. The highest BCUT2D eigenvalue weighted by atomic mass is 19.1. The van der Waals surface area contributed by atoms with Gasteiger partial charge in [-0.2, -0.15) is 4.99 Å². The lowest BCUT2D eigenvalue weighted by atomic mass is 9.86. The second-order valence-electron chi connectivity index (χ2n) is 9.08. The molecular weight excluding hydrogens is 491 g/mol. The zero-order chi connectivity index (χ0) is 27.9. The number of halogens is 1. The average Bonchev–Trinajstić information content (AvgIpc) is 2.91. The number of methoxy groups -OCH3 is 3. The third kappa shape index (κ3) is 10.7. The first-order valence-corrected chi connectivity index (χ1v) is 12.7. The van der Waals surface area contributed by atoms with Gasteiger partial charge in [-0.3, -0.25) is 9.59 Å². The SMILES string of the molecule is COc1cc(CNC(=O)CCC2CCCCC2)ccc1F.COc1ccc(CC(=O)N=C(N)N)cc1OC. The molecule has 0 unspecified atom stereocenters. The average molecular weight is 531 g/mol. The third-order valence-corrected chi connectivity index (χ3v) is 6.27. The van der Waals surface area contributed by atoms with Gasteiger partial charge in [0, 0.05) is 13.0 Å². The number of carbonyl (C=O) groups excluding carboxylic acids is 2. The summed E-state index contributed by atoms with van der Waals surface area (Å²) < 4.78 is 28.4. The summed E-state index contributed by atoms with van der Waals surface area (Å²) in [5, 5.41) is 2.89. The Morgan fingerprint density at radius 2 is 1.55 bits per heavy atom. The summed E-state index contributed by atoms with van der Waals surface area (Å²) in [6.45, 7) is 0.417. The molecule has 5 N–H and O–H groups in total. The molecule has 10 heteroatoms. The molecule has 1 saturated carbocycles. The fourth-order valence-electron chi connectivity index (χ4n) is 4.26. The normalized spacial score (nSPS) is 12.9. The number of hydrogen-bond donors (Lipinski definition) is 3. The van der Waals surface area contributed by atoms with Crippen LogP contribution in [0.3, 0.4) is 0 Å². The predicted octanol–water partition coefficient (Wildman–Crippen LogP) is 3.86. The molecule has 208 valence electrons. The summed E-state index contributed by atoms with van der Waals surface area (Å²) in [6, 6.07) is 9.83. The van der Waals surface area contributed by atoms with Gasteiger partial charge in [0.15, 0.2) is 29.0 Å². The molecule has 0 aromatic heterocycles. The Hall–Kier alpha value is -3.82. The van der Waals surface area contributed by atoms with Crippen LogP contribution < -0.4 is 31.0 Å². The van der Waals surface area contributed by atoms with E-state index in [1.807, 2.05) is 0 Å². The Bertz CT molecular complexity index is 1080. The lowest BCUT2D eigenvalue weighted by Gasteiger charge is -2.21. The maximum absolute atomic E-state index is 13.3. The van der Waals surface area contributed by atoms with E-state index in [-0.39, 0.29) is 29.9 Å². The number of hydrogen-bond acceptors (Lipinski definition) is 5. The van der Waals surface area contributed by atoms with Crippen LogP contribution in [0, 0.1) is 11.7 Å². The maximum Gasteiger partial charge on any atom is 0.253 e. The first kappa shape index (κ1) is 30.4. The number of nitrogens with one attached hydrogen (secondary N) is 1. The minimum Gasteiger partial charge on any atom is -0.494 e. The Morgan fingerprint density at radius 1 is 0.921 bits per heavy atom. The van der Waals surface area contributed by atoms with Crippen LogP contribution in [0.15, 0.2) is 41.4 Å². The first-order valence-electron chi connectivity index (χ1n) is 12.7. The van der Waals surface area contributed by atoms with Crippen molar-refractivity contribution in [2.75, 3.05) is 21.3 Å². The molecule has 0 atom stereocenters. The van der Waals surface area contributed by atoms with Crippen molar-refractivity contribution in [1.82, 2.24) is 5.32 Å². The van der Waals surface area contributed by atoms with E-state index in [2.05, 4.69) is 10.3 Å². The van der Waals surface area contributed by atoms with Crippen LogP contribution in [-0.4, -0.2) is 39.1 Å². The molecule has 38 heavy (non-hydrogen) atoms. The molecule has 9 nitrogen and oxygen atoms in total. The van der Waals surface area contributed by atoms with Gasteiger partial charge < -0.3 is 31.0 Å². The maximum atomic E-state index is 13.3. The number of rotatable bonds is 10. The van der Waals surface area contributed by atoms with Gasteiger partial charge in [-0.25, -0.2) is 4.39 Å². The largest absolute Gasteiger partial charge is 0.494 e. The molecule has 2 amide bonds. The second-order valence-corrected chi connectivity index (χ2v) is 9.08. The van der Waals surface area contributed by atoms with E-state index in [1.54, 1.807) is 37.4 Å². The Kier molecular flexibility index (Phi) is 12.9. The Balaban J connectivity index is 0.000000273. The van der Waals surface area contributed by atoms with Crippen molar-refractivity contribution in [3.8, 4) is 17.2 Å². The van der Waals surface area contributed by atoms with E-state index in [1.165, 1.54) is 52.4 Å². The van der Waals surface area contributed by atoms with Gasteiger partial charge in [-0.1, -0.05) is 44.2 Å². The molecule has 0 aliphatic heterocycles. The number of ether oxygens (including phenoxy) is 3. The quantitative estimate of drug-likeness (QED) is 0.313. The van der Waals surface area contributed by atoms with Crippen molar-refractivity contribution in [1.29, 1.82) is 0 Å². The summed E-state index contributed by atoms with van der Waals surface area (Å²) in [4.78, 5) is 26.7. The molecule has 1 aliphatic carbocycles. The number of benzene rings is 2. The Labute approximate surface area is 223 Å². The highest BCUT2D eigenvalue weighted by molar-refractivity contribution is 5.92. The van der Waals surface area contributed by atoms with E-state index < -0.39 is 5.91 Å². The van der Waals surface area contributed by atoms with Gasteiger partial charge in [0.2, 0.25) is 5.91 Å². The second kappa shape index (κ2) is 16.1. The van der Waals surface area contributed by atoms with Gasteiger partial charge in [0.05, 0.1) is 27.8 Å². The predicted molar refractivity (Wildman–Crippen MR) is 145 cm³/mol. The molecule has 0 spiro atoms. The lowest BCUT2D eigenvalue weighted by molar-refractivity contribution is -0.121. The van der Waals surface area contributed by atoms with Crippen LogP contribution >= 0.6 is 0 Å². The van der Waals surface area contributed by atoms with Crippen molar-refractivity contribution in [3.63, 3.8) is 0 Å². The smallest absolute Gasteiger partial charge is 0.253 e. The molecule has 1 fully saturated rings. The van der Waals surface area contributed by atoms with Crippen molar-refractivity contribution >= 4 is 17.8 Å². The topological polar surface area (TPSA) is 138 Å². The van der Waals surface area contributed by atoms with Crippen LogP contribution in [0.5, 0.6) is 17.2 Å². The number of nitrogens with two attached hydrogens (primary N) is 2. The van der Waals surface area contributed by atoms with Crippen LogP contribution in [0.4, 0.5) is 4.39 Å². The van der Waals surface area contributed by atoms with Gasteiger partial charge in [0.1, 0.15) is 0 Å². The third-order valence-electron chi connectivity index (χ3n) is 6.27. The summed E-state index contributed by atoms with van der Waals surface area (Å²) in [5.74, 6) is 1.13. The fourth-order valence-corrected chi connectivity index (χ4v) is 4.26. The fraction of sp³-hybridized carbons (Fsp3) is 0.464. The summed E-state index contributed by atoms with van der Waals surface area (Å²) in [5.41, 5.74) is 11.8. The molecule has 2 aromatic carbocycles. The van der Waals surface area contributed by atoms with Crippen LogP contribution in [-0.2, 0) is 22.6 Å². The monoisotopic (exact) mass is 530 g/mol. The van der Waals surface area contributed by atoms with Crippen molar-refractivity contribution < 1.29 is 28.2 Å². The zero-order valence-electron chi connectivity index (χ0n) is 22.4. The van der Waals surface area contributed by atoms with E-state index >= 15 is 0 Å². The van der Waals surface area contributed by atoms with Crippen LogP contribution in [0.1, 0.15) is 56.1 Å². The van der Waals surface area contributed by atoms with Crippen LogP contribution in [0.2, 0.25) is 0 Å². The van der Waals surface area contributed by atoms with Gasteiger partial charge in [-0.05, 0) is 47.7 Å². The lowest BCUT2D eigenvalue weighted by Crippen LogP contribution is -2.24. The number of carbonyl (C=O) groups is 2. The number of guanidine groups is 1. The Morgan fingerprint density at radius 3 is 2.18 bits per heavy atom. The first-order chi connectivity index (χ1) is 18.2. The zero-order valence-corrected chi connectivity index (χ0v) is 22.4. The van der Waals surface area contributed by atoms with Gasteiger partial charge >= 0.3 is 0 Å². The standard InChI is InChI=1S/C17H24FNO2.C11H15N3O3/c1-21-16-11-14(7-9-15(16)18)12-19-17(20)10-8-13-5-3-2-4-6-13;1-16-8-4-3-7(5-9(8)17-2)6-10(15)14-11(12)13/h7,9,11,13H,2-6,8,10,12H2,1H3,(H,19,20);3-5H,6H2,1-2H3,(H4,12,13,14,15). The summed E-state index contributed by atoms with van der Waals surface area (Å²) in [7, 11) is 4.51. The molecule has 0 saturated heterocycles. The minimum atomic E-state index is -0.405. The van der Waals surface area contributed by atoms with E-state index in [0.29, 0.717) is 24.5 Å². The minimum absolute atomic E-state index is 0.0730. The van der Waals surface area contributed by atoms with E-state index in [0.717, 1.165) is 23.5 Å². The summed E-state index contributed by atoms with van der Waals surface area (Å²) in [6.07, 6.45) is 8.17. The van der Waals surface area contributed by atoms with E-state index in [4.69, 9.17) is 25.7 Å². The van der Waals surface area contributed by atoms with Gasteiger partial charge in [0.25, 0.3) is 5.91 Å². The number of aliphatic imine (C=N–C) groups is 1. The highest BCUT2D eigenvalue weighted by Gasteiger charge is 2.15. The van der Waals surface area contributed by atoms with Crippen molar-refractivity contribution in [3.05, 3.63) is 53.3 Å². The molecule has 1 aliphatic rings. The molecule has 2 aromatic rings. The molecule has 0 bridgehead atoms. The molecule has 0 radical (unpaired) electrons. The summed E-state index contributed by atoms with van der Waals surface area (Å²) >= 11 is 0. The number of amides is 2. The molecular formula is C28H39FN4O5.